The van der Waals surface area contributed by atoms with Crippen molar-refractivity contribution in [2.75, 3.05) is 7.05 Å². The van der Waals surface area contributed by atoms with Crippen molar-refractivity contribution in [2.24, 2.45) is 0 Å². The fourth-order valence-corrected chi connectivity index (χ4v) is 3.91. The monoisotopic (exact) mass is 513 g/mol. The Labute approximate surface area is 230 Å². The molecule has 34 heavy (non-hydrogen) atoms. The van der Waals surface area contributed by atoms with Crippen LogP contribution in [0.5, 0.6) is 0 Å². The number of ketones is 1. The van der Waals surface area contributed by atoms with E-state index in [1.54, 1.807) is 42.5 Å². The maximum atomic E-state index is 12.6. The van der Waals surface area contributed by atoms with Gasteiger partial charge in [-0.15, -0.1) is 0 Å². The third-order valence-electron chi connectivity index (χ3n) is 5.14. The van der Waals surface area contributed by atoms with E-state index >= 15 is 0 Å². The van der Waals surface area contributed by atoms with Crippen LogP contribution in [-0.4, -0.2) is 46.8 Å². The van der Waals surface area contributed by atoms with Crippen molar-refractivity contribution in [1.29, 1.82) is 0 Å². The minimum absolute atomic E-state index is 0. The average molecular weight is 514 g/mol. The summed E-state index contributed by atoms with van der Waals surface area (Å²) < 4.78 is 0. The van der Waals surface area contributed by atoms with Crippen LogP contribution in [-0.2, 0) is 14.4 Å². The molecule has 0 aliphatic carbocycles. The Bertz CT molecular complexity index is 1180. The summed E-state index contributed by atoms with van der Waals surface area (Å²) in [4.78, 5) is 50.0. The molecule has 0 radical (unpaired) electrons. The number of amides is 3. The number of carboxylic acid groups (broad SMARTS) is 1. The van der Waals surface area contributed by atoms with Crippen molar-refractivity contribution in [2.45, 2.75) is 25.4 Å². The number of likely N-dealkylation sites (N-methyl/N-ethyl adjacent to an activating group) is 1. The number of Topliss-reactive ketones (excluding diaryl/α,β-unsaturated/α-hetero) is 1. The van der Waals surface area contributed by atoms with Gasteiger partial charge in [-0.2, -0.15) is 0 Å². The molecule has 8 nitrogen and oxygen atoms in total. The first-order chi connectivity index (χ1) is 15.6. The first-order valence-electron chi connectivity index (χ1n) is 9.91. The molecule has 0 aromatic heterocycles. The van der Waals surface area contributed by atoms with Gasteiger partial charge in [0, 0.05) is 24.4 Å². The summed E-state index contributed by atoms with van der Waals surface area (Å²) in [6.07, 6.45) is 0.964. The van der Waals surface area contributed by atoms with Crippen molar-refractivity contribution in [3.8, 4) is 11.1 Å². The zero-order valence-corrected chi connectivity index (χ0v) is 22.3. The molecule has 2 atom stereocenters. The molecule has 3 amide bonds. The number of benzene rings is 2. The van der Waals surface area contributed by atoms with E-state index in [0.29, 0.717) is 32.3 Å². The van der Waals surface area contributed by atoms with E-state index in [9.17, 15) is 24.3 Å². The van der Waals surface area contributed by atoms with Gasteiger partial charge in [0.1, 0.15) is 0 Å². The van der Waals surface area contributed by atoms with Crippen LogP contribution in [0.1, 0.15) is 26.4 Å². The summed E-state index contributed by atoms with van der Waals surface area (Å²) in [5.74, 6) is -2.26. The number of carbonyl (C=O) groups is 4. The Morgan fingerprint density at radius 3 is 2.53 bits per heavy atom. The molecule has 3 N–H and O–H groups in total. The molecule has 3 rings (SSSR count). The topological polar surface area (TPSA) is 116 Å². The van der Waals surface area contributed by atoms with Crippen LogP contribution in [0, 0.1) is 0 Å². The summed E-state index contributed by atoms with van der Waals surface area (Å²) in [6, 6.07) is 8.83. The van der Waals surface area contributed by atoms with Gasteiger partial charge in [0.25, 0.3) is 5.91 Å². The molecule has 2 unspecified atom stereocenters. The Hall–Kier alpha value is -2.36. The SMILES string of the molecule is CC1=CN(C)C(=O)C(NC(=O)NC(CC(=O)O)c2cccc(-c3cccc(Cl)c3Cl)c2)C1=O.[H-].[Na+]. The minimum atomic E-state index is -1.39. The van der Waals surface area contributed by atoms with Gasteiger partial charge in [0.05, 0.1) is 22.5 Å². The third kappa shape index (κ3) is 6.40. The van der Waals surface area contributed by atoms with Crippen LogP contribution in [0.3, 0.4) is 0 Å². The number of halogens is 2. The zero-order chi connectivity index (χ0) is 24.3. The molecule has 0 bridgehead atoms. The molecule has 0 spiro atoms. The summed E-state index contributed by atoms with van der Waals surface area (Å²) in [5.41, 5.74) is 2.14. The number of hydrogen-bond donors (Lipinski definition) is 3. The summed E-state index contributed by atoms with van der Waals surface area (Å²) >= 11 is 12.4. The molecule has 0 fully saturated rings. The van der Waals surface area contributed by atoms with E-state index in [4.69, 9.17) is 23.2 Å². The number of carbonyl (C=O) groups excluding carboxylic acids is 3. The Morgan fingerprint density at radius 1 is 1.18 bits per heavy atom. The van der Waals surface area contributed by atoms with Crippen molar-refractivity contribution in [3.63, 3.8) is 0 Å². The molecule has 0 saturated carbocycles. The van der Waals surface area contributed by atoms with Crippen LogP contribution in [0.2, 0.25) is 10.0 Å². The molecule has 0 saturated heterocycles. The van der Waals surface area contributed by atoms with Gasteiger partial charge in [-0.05, 0) is 30.2 Å². The second-order valence-corrected chi connectivity index (χ2v) is 8.34. The van der Waals surface area contributed by atoms with Crippen molar-refractivity contribution >= 4 is 46.9 Å². The minimum Gasteiger partial charge on any atom is -1.00 e. The zero-order valence-electron chi connectivity index (χ0n) is 19.8. The Kier molecular flexibility index (Phi) is 9.73. The summed E-state index contributed by atoms with van der Waals surface area (Å²) in [7, 11) is 1.48. The molecule has 174 valence electrons. The fraction of sp³-hybridized carbons (Fsp3) is 0.217. The first-order valence-corrected chi connectivity index (χ1v) is 10.7. The van der Waals surface area contributed by atoms with E-state index in [-0.39, 0.29) is 31.0 Å². The van der Waals surface area contributed by atoms with Gasteiger partial charge < -0.3 is 22.1 Å². The standard InChI is InChI=1S/C23H21Cl2N3O5.Na.H/c1-12-11-28(2)22(32)20(21(12)31)27-23(33)26-17(10-18(29)30)14-6-3-5-13(9-14)15-7-4-8-16(24)19(15)25;;/h3-9,11,17,20H,10H2,1-2H3,(H,29,30)(H2,26,27,33);;/q;+1;-1. The van der Waals surface area contributed by atoms with E-state index in [1.165, 1.54) is 25.1 Å². The number of aliphatic carboxylic acids is 1. The predicted molar refractivity (Wildman–Crippen MR) is 125 cm³/mol. The molecular formula is C23H22Cl2N3NaO5. The van der Waals surface area contributed by atoms with Crippen LogP contribution in [0.15, 0.2) is 54.2 Å². The van der Waals surface area contributed by atoms with Gasteiger partial charge in [-0.25, -0.2) is 4.79 Å². The van der Waals surface area contributed by atoms with Gasteiger partial charge in [0.15, 0.2) is 11.8 Å². The summed E-state index contributed by atoms with van der Waals surface area (Å²) in [5, 5.41) is 15.0. The van der Waals surface area contributed by atoms with E-state index < -0.39 is 42.2 Å². The number of nitrogens with zero attached hydrogens (tertiary/aromatic N) is 1. The molecule has 1 aliphatic rings. The maximum Gasteiger partial charge on any atom is 1.00 e. The van der Waals surface area contributed by atoms with Crippen molar-refractivity contribution < 1.29 is 55.3 Å². The fourth-order valence-electron chi connectivity index (χ4n) is 3.50. The number of carboxylic acids is 1. The van der Waals surface area contributed by atoms with Crippen LogP contribution >= 0.6 is 23.2 Å². The predicted octanol–water partition coefficient (Wildman–Crippen LogP) is 0.905. The number of rotatable bonds is 6. The van der Waals surface area contributed by atoms with E-state index in [1.807, 2.05) is 0 Å². The number of hydrogen-bond acceptors (Lipinski definition) is 4. The quantitative estimate of drug-likeness (QED) is 0.392. The van der Waals surface area contributed by atoms with Gasteiger partial charge in [-0.3, -0.25) is 14.4 Å². The number of urea groups is 1. The second kappa shape index (κ2) is 11.9. The second-order valence-electron chi connectivity index (χ2n) is 7.55. The molecule has 2 aromatic carbocycles. The molecule has 11 heteroatoms. The number of nitrogens with one attached hydrogen (secondary N) is 2. The molecule has 1 heterocycles. The van der Waals surface area contributed by atoms with E-state index in [0.717, 1.165) is 0 Å². The third-order valence-corrected chi connectivity index (χ3v) is 5.96. The maximum absolute atomic E-state index is 12.6. The Balaban J connectivity index is 0.00000306. The van der Waals surface area contributed by atoms with Crippen LogP contribution < -0.4 is 40.2 Å². The van der Waals surface area contributed by atoms with E-state index in [2.05, 4.69) is 10.6 Å². The largest absolute Gasteiger partial charge is 1.00 e. The smallest absolute Gasteiger partial charge is 1.00 e. The first kappa shape index (κ1) is 27.9. The molecular weight excluding hydrogens is 492 g/mol. The normalized spacial score (nSPS) is 16.3. The van der Waals surface area contributed by atoms with Gasteiger partial charge >= 0.3 is 41.6 Å². The Morgan fingerprint density at radius 2 is 1.85 bits per heavy atom. The van der Waals surface area contributed by atoms with Crippen molar-refractivity contribution in [1.82, 2.24) is 15.5 Å². The van der Waals surface area contributed by atoms with Gasteiger partial charge in [-0.1, -0.05) is 53.5 Å². The van der Waals surface area contributed by atoms with Crippen LogP contribution in [0.25, 0.3) is 11.1 Å². The van der Waals surface area contributed by atoms with Crippen molar-refractivity contribution in [3.05, 3.63) is 69.8 Å². The van der Waals surface area contributed by atoms with Crippen LogP contribution in [0.4, 0.5) is 4.79 Å². The van der Waals surface area contributed by atoms with Gasteiger partial charge in [0.2, 0.25) is 0 Å². The molecule has 2 aromatic rings. The molecule has 1 aliphatic heterocycles. The summed E-state index contributed by atoms with van der Waals surface area (Å²) in [6.45, 7) is 1.54. The average Bonchev–Trinajstić information content (AvgIpc) is 2.76.